The van der Waals surface area contributed by atoms with Crippen LogP contribution < -0.4 is 10.3 Å². The van der Waals surface area contributed by atoms with Crippen molar-refractivity contribution in [3.63, 3.8) is 0 Å². The Bertz CT molecular complexity index is 748. The predicted molar refractivity (Wildman–Crippen MR) is 63.4 cm³/mol. The number of rotatable bonds is 2. The van der Waals surface area contributed by atoms with E-state index in [1.165, 1.54) is 17.1 Å². The molecule has 0 radical (unpaired) electrons. The van der Waals surface area contributed by atoms with Gasteiger partial charge >= 0.3 is 0 Å². The van der Waals surface area contributed by atoms with Gasteiger partial charge in [0.15, 0.2) is 6.33 Å². The van der Waals surface area contributed by atoms with E-state index in [1.807, 2.05) is 6.07 Å². The van der Waals surface area contributed by atoms with Gasteiger partial charge in [-0.15, -0.1) is 10.2 Å². The summed E-state index contributed by atoms with van der Waals surface area (Å²) < 4.78 is 6.48. The molecule has 7 nitrogen and oxygen atoms in total. The monoisotopic (exact) mass is 243 g/mol. The van der Waals surface area contributed by atoms with Crippen LogP contribution in [0.2, 0.25) is 0 Å². The molecule has 0 fully saturated rings. The topological polar surface area (TPSA) is 74.8 Å². The summed E-state index contributed by atoms with van der Waals surface area (Å²) in [7, 11) is 1.59. The van der Waals surface area contributed by atoms with Crippen LogP contribution in [0.25, 0.3) is 10.9 Å². The van der Waals surface area contributed by atoms with Crippen LogP contribution in [-0.2, 0) is 0 Å². The smallest absolute Gasteiger partial charge is 0.272 e. The molecular weight excluding hydrogens is 234 g/mol. The number of fused-ring (bicyclic) bond motifs is 1. The zero-order chi connectivity index (χ0) is 12.5. The van der Waals surface area contributed by atoms with Crippen molar-refractivity contribution in [3.8, 4) is 5.75 Å². The van der Waals surface area contributed by atoms with Gasteiger partial charge in [-0.25, -0.2) is 0 Å². The highest BCUT2D eigenvalue weighted by Crippen LogP contribution is 2.18. The summed E-state index contributed by atoms with van der Waals surface area (Å²) in [6.07, 6.45) is 1.27. The van der Waals surface area contributed by atoms with Gasteiger partial charge in [0.25, 0.3) is 5.56 Å². The van der Waals surface area contributed by atoms with Crippen LogP contribution in [0.3, 0.4) is 0 Å². The number of methoxy groups -OCH3 is 1. The first-order chi connectivity index (χ1) is 8.79. The molecule has 2 aromatic heterocycles. The zero-order valence-electron chi connectivity index (χ0n) is 9.52. The molecule has 0 amide bonds. The van der Waals surface area contributed by atoms with Gasteiger partial charge in [0, 0.05) is 11.5 Å². The average Bonchev–Trinajstić information content (AvgIpc) is 2.91. The summed E-state index contributed by atoms with van der Waals surface area (Å²) in [6.45, 7) is 0. The third-order valence-electron chi connectivity index (χ3n) is 2.59. The van der Waals surface area contributed by atoms with Crippen molar-refractivity contribution in [2.45, 2.75) is 0 Å². The lowest BCUT2D eigenvalue weighted by atomic mass is 10.2. The first-order valence-electron chi connectivity index (χ1n) is 5.23. The molecule has 0 aliphatic heterocycles. The highest BCUT2D eigenvalue weighted by atomic mass is 16.5. The molecule has 0 spiro atoms. The number of nitrogens with zero attached hydrogens (tertiary/aromatic N) is 5. The third-order valence-corrected chi connectivity index (χ3v) is 2.59. The van der Waals surface area contributed by atoms with E-state index < -0.39 is 0 Å². The van der Waals surface area contributed by atoms with E-state index in [9.17, 15) is 4.79 Å². The number of benzene rings is 1. The Morgan fingerprint density at radius 3 is 2.83 bits per heavy atom. The van der Waals surface area contributed by atoms with Crippen LogP contribution in [0, 0.1) is 0 Å². The Morgan fingerprint density at radius 2 is 2.11 bits per heavy atom. The Hall–Kier alpha value is -2.70. The van der Waals surface area contributed by atoms with Crippen LogP contribution in [0.1, 0.15) is 0 Å². The average molecular weight is 243 g/mol. The lowest BCUT2D eigenvalue weighted by molar-refractivity contribution is 0.415. The number of ether oxygens (including phenoxy) is 1. The fourth-order valence-corrected chi connectivity index (χ4v) is 1.77. The third kappa shape index (κ3) is 1.53. The Morgan fingerprint density at radius 1 is 1.22 bits per heavy atom. The second-order valence-corrected chi connectivity index (χ2v) is 3.61. The molecule has 2 heterocycles. The van der Waals surface area contributed by atoms with Gasteiger partial charge in [-0.05, 0) is 29.5 Å². The molecule has 0 saturated heterocycles. The normalized spacial score (nSPS) is 10.7. The largest absolute Gasteiger partial charge is 0.497 e. The molecule has 0 unspecified atom stereocenters. The lowest BCUT2D eigenvalue weighted by Crippen LogP contribution is -2.27. The second kappa shape index (κ2) is 3.95. The number of hydrogen-bond donors (Lipinski definition) is 0. The molecule has 3 rings (SSSR count). The molecule has 1 aromatic carbocycles. The van der Waals surface area contributed by atoms with E-state index >= 15 is 0 Å². The van der Waals surface area contributed by atoms with Gasteiger partial charge < -0.3 is 4.74 Å². The van der Waals surface area contributed by atoms with Gasteiger partial charge in [0.05, 0.1) is 12.6 Å². The predicted octanol–water partition coefficient (Wildman–Crippen LogP) is 0.308. The van der Waals surface area contributed by atoms with Crippen molar-refractivity contribution in [2.75, 3.05) is 7.11 Å². The molecule has 0 aliphatic carbocycles. The minimum atomic E-state index is -0.231. The van der Waals surface area contributed by atoms with Crippen molar-refractivity contribution in [1.82, 2.24) is 25.0 Å². The minimum absolute atomic E-state index is 0.231. The SMILES string of the molecule is COc1ccc2c(ccc(=O)n2-n2ncnn2)c1. The summed E-state index contributed by atoms with van der Waals surface area (Å²) in [5, 5.41) is 12.0. The molecule has 0 aliphatic rings. The molecule has 7 heteroatoms. The number of tetrazole rings is 1. The Balaban J connectivity index is 2.36. The number of hydrogen-bond acceptors (Lipinski definition) is 5. The lowest BCUT2D eigenvalue weighted by Gasteiger charge is -2.08. The molecule has 0 N–H and O–H groups in total. The molecule has 18 heavy (non-hydrogen) atoms. The van der Waals surface area contributed by atoms with Crippen LogP contribution in [0.4, 0.5) is 0 Å². The van der Waals surface area contributed by atoms with E-state index in [1.54, 1.807) is 25.3 Å². The summed E-state index contributed by atoms with van der Waals surface area (Å²) in [6, 6.07) is 8.56. The highest BCUT2D eigenvalue weighted by molar-refractivity contribution is 5.80. The van der Waals surface area contributed by atoms with E-state index in [4.69, 9.17) is 4.74 Å². The molecule has 0 atom stereocenters. The maximum Gasteiger partial charge on any atom is 0.272 e. The first-order valence-corrected chi connectivity index (χ1v) is 5.23. The first kappa shape index (κ1) is 10.5. The van der Waals surface area contributed by atoms with Gasteiger partial charge in [0.2, 0.25) is 0 Å². The van der Waals surface area contributed by atoms with Gasteiger partial charge in [-0.1, -0.05) is 4.91 Å². The maximum absolute atomic E-state index is 11.9. The Kier molecular flexibility index (Phi) is 2.30. The van der Waals surface area contributed by atoms with E-state index in [0.29, 0.717) is 5.52 Å². The second-order valence-electron chi connectivity index (χ2n) is 3.61. The number of aromatic nitrogens is 5. The van der Waals surface area contributed by atoms with Crippen LogP contribution in [-0.4, -0.2) is 32.1 Å². The van der Waals surface area contributed by atoms with Crippen LogP contribution in [0.5, 0.6) is 5.75 Å². The summed E-state index contributed by atoms with van der Waals surface area (Å²) >= 11 is 0. The van der Waals surface area contributed by atoms with Gasteiger partial charge in [-0.2, -0.15) is 4.68 Å². The van der Waals surface area contributed by atoms with Crippen molar-refractivity contribution in [1.29, 1.82) is 0 Å². The van der Waals surface area contributed by atoms with E-state index in [2.05, 4.69) is 15.4 Å². The van der Waals surface area contributed by atoms with E-state index in [-0.39, 0.29) is 5.56 Å². The number of pyridine rings is 1. The zero-order valence-corrected chi connectivity index (χ0v) is 9.52. The Labute approximate surface area is 101 Å². The summed E-state index contributed by atoms with van der Waals surface area (Å²) in [4.78, 5) is 13.0. The molecule has 3 aromatic rings. The fourth-order valence-electron chi connectivity index (χ4n) is 1.77. The minimum Gasteiger partial charge on any atom is -0.497 e. The van der Waals surface area contributed by atoms with Crippen molar-refractivity contribution in [2.24, 2.45) is 0 Å². The molecule has 0 saturated carbocycles. The maximum atomic E-state index is 11.9. The van der Waals surface area contributed by atoms with Crippen LogP contribution in [0.15, 0.2) is 41.5 Å². The van der Waals surface area contributed by atoms with Crippen molar-refractivity contribution in [3.05, 3.63) is 47.0 Å². The summed E-state index contributed by atoms with van der Waals surface area (Å²) in [5.74, 6) is 0.722. The van der Waals surface area contributed by atoms with Crippen molar-refractivity contribution < 1.29 is 4.74 Å². The fraction of sp³-hybridized carbons (Fsp3) is 0.0909. The van der Waals surface area contributed by atoms with Crippen molar-refractivity contribution >= 4 is 10.9 Å². The highest BCUT2D eigenvalue weighted by Gasteiger charge is 2.07. The molecular formula is C11H9N5O2. The quantitative estimate of drug-likeness (QED) is 0.647. The van der Waals surface area contributed by atoms with E-state index in [0.717, 1.165) is 16.0 Å². The van der Waals surface area contributed by atoms with Gasteiger partial charge in [-0.3, -0.25) is 4.79 Å². The standard InChI is InChI=1S/C11H9N5O2/c1-18-9-3-4-10-8(6-9)2-5-11(17)15(10)16-13-7-12-14-16/h2-7H,1H3. The van der Waals surface area contributed by atoms with Crippen LogP contribution >= 0.6 is 0 Å². The summed E-state index contributed by atoms with van der Waals surface area (Å²) in [5.41, 5.74) is 0.451. The van der Waals surface area contributed by atoms with Gasteiger partial charge in [0.1, 0.15) is 5.75 Å². The molecule has 0 bridgehead atoms. The molecule has 90 valence electrons.